The molecule has 0 saturated heterocycles. The number of hydrogen-bond acceptors (Lipinski definition) is 4. The zero-order chi connectivity index (χ0) is 18.3. The van der Waals surface area contributed by atoms with Crippen molar-refractivity contribution in [3.8, 4) is 12.1 Å². The van der Waals surface area contributed by atoms with Crippen molar-refractivity contribution < 1.29 is 8.42 Å². The molecule has 0 radical (unpaired) electrons. The van der Waals surface area contributed by atoms with Gasteiger partial charge < -0.3 is 0 Å². The molecule has 126 valence electrons. The Labute approximate surface area is 144 Å². The van der Waals surface area contributed by atoms with E-state index in [9.17, 15) is 8.42 Å². The largest absolute Gasteiger partial charge is 0.243 e. The van der Waals surface area contributed by atoms with Crippen LogP contribution in [0.15, 0.2) is 52.0 Å². The molecule has 1 aromatic carbocycles. The summed E-state index contributed by atoms with van der Waals surface area (Å²) in [5.41, 5.74) is 2.58. The second-order valence-electron chi connectivity index (χ2n) is 5.63. The number of aryl methyl sites for hydroxylation is 1. The highest BCUT2D eigenvalue weighted by Gasteiger charge is 2.24. The van der Waals surface area contributed by atoms with Crippen LogP contribution < -0.4 is 0 Å². The van der Waals surface area contributed by atoms with Crippen LogP contribution in [0.5, 0.6) is 0 Å². The van der Waals surface area contributed by atoms with Gasteiger partial charge in [-0.05, 0) is 45.4 Å². The van der Waals surface area contributed by atoms with Crippen molar-refractivity contribution >= 4 is 10.0 Å². The highest BCUT2D eigenvalue weighted by molar-refractivity contribution is 7.89. The molecule has 0 aliphatic heterocycles. The summed E-state index contributed by atoms with van der Waals surface area (Å²) in [6, 6.07) is 10.6. The second kappa shape index (κ2) is 8.44. The standard InChI is InChI=1S/C18H21N3O2S/c1-14-5-7-18(8-6-14)24(22,23)21(10-9-15(2)11-19)13-17(4)16(3)12-20/h5-9H,10,13H2,1-4H3/b15-9+,17-16+. The molecular formula is C18H21N3O2S. The monoisotopic (exact) mass is 343 g/mol. The third kappa shape index (κ3) is 5.06. The molecular weight excluding hydrogens is 322 g/mol. The average Bonchev–Trinajstić information content (AvgIpc) is 2.57. The number of benzene rings is 1. The fourth-order valence-corrected chi connectivity index (χ4v) is 3.28. The van der Waals surface area contributed by atoms with Crippen molar-refractivity contribution in [2.45, 2.75) is 32.6 Å². The number of nitriles is 2. The van der Waals surface area contributed by atoms with E-state index >= 15 is 0 Å². The first-order chi connectivity index (χ1) is 11.2. The van der Waals surface area contributed by atoms with Gasteiger partial charge in [-0.2, -0.15) is 14.8 Å². The Kier molecular flexibility index (Phi) is 6.91. The van der Waals surface area contributed by atoms with Crippen LogP contribution in [-0.4, -0.2) is 25.8 Å². The van der Waals surface area contributed by atoms with Crippen LogP contribution in [0.3, 0.4) is 0 Å². The molecule has 0 bridgehead atoms. The van der Waals surface area contributed by atoms with E-state index in [2.05, 4.69) is 0 Å². The van der Waals surface area contributed by atoms with E-state index in [0.29, 0.717) is 16.7 Å². The van der Waals surface area contributed by atoms with Gasteiger partial charge in [0.05, 0.1) is 17.0 Å². The molecule has 0 fully saturated rings. The minimum Gasteiger partial charge on any atom is -0.207 e. The zero-order valence-electron chi connectivity index (χ0n) is 14.4. The summed E-state index contributed by atoms with van der Waals surface area (Å²) in [5, 5.41) is 17.9. The van der Waals surface area contributed by atoms with Crippen molar-refractivity contribution in [1.29, 1.82) is 10.5 Å². The number of hydrogen-bond donors (Lipinski definition) is 0. The molecule has 0 aromatic heterocycles. The van der Waals surface area contributed by atoms with Crippen LogP contribution in [0.4, 0.5) is 0 Å². The van der Waals surface area contributed by atoms with Gasteiger partial charge in [0.2, 0.25) is 10.0 Å². The van der Waals surface area contributed by atoms with E-state index < -0.39 is 10.0 Å². The molecule has 1 aromatic rings. The van der Waals surface area contributed by atoms with Crippen molar-refractivity contribution in [1.82, 2.24) is 4.31 Å². The molecule has 0 aliphatic carbocycles. The second-order valence-corrected chi connectivity index (χ2v) is 7.56. The van der Waals surface area contributed by atoms with Crippen LogP contribution in [0.25, 0.3) is 0 Å². The lowest BCUT2D eigenvalue weighted by Gasteiger charge is -2.22. The Hall–Kier alpha value is -2.41. The van der Waals surface area contributed by atoms with Crippen LogP contribution in [0.1, 0.15) is 26.3 Å². The first-order valence-corrected chi connectivity index (χ1v) is 8.86. The lowest BCUT2D eigenvalue weighted by atomic mass is 10.2. The van der Waals surface area contributed by atoms with E-state index in [1.165, 1.54) is 4.31 Å². The Balaban J connectivity index is 3.28. The van der Waals surface area contributed by atoms with Gasteiger partial charge in [0.25, 0.3) is 0 Å². The maximum absolute atomic E-state index is 12.9. The SMILES string of the molecule is C/C(C#N)=C\CN(C/C(C)=C(\C)C#N)S(=O)(=O)c1ccc(C)cc1. The molecule has 0 N–H and O–H groups in total. The summed E-state index contributed by atoms with van der Waals surface area (Å²) in [7, 11) is -3.72. The number of sulfonamides is 1. The number of nitrogens with zero attached hydrogens (tertiary/aromatic N) is 3. The van der Waals surface area contributed by atoms with Gasteiger partial charge in [0.1, 0.15) is 0 Å². The molecule has 0 heterocycles. The topological polar surface area (TPSA) is 85.0 Å². The minimum atomic E-state index is -3.72. The summed E-state index contributed by atoms with van der Waals surface area (Å²) in [5.74, 6) is 0. The van der Waals surface area contributed by atoms with Crippen LogP contribution in [-0.2, 0) is 10.0 Å². The van der Waals surface area contributed by atoms with Gasteiger partial charge in [0, 0.05) is 24.2 Å². The van der Waals surface area contributed by atoms with Crippen molar-refractivity contribution in [2.24, 2.45) is 0 Å². The lowest BCUT2D eigenvalue weighted by molar-refractivity contribution is 0.465. The molecule has 1 rings (SSSR count). The van der Waals surface area contributed by atoms with E-state index in [1.807, 2.05) is 19.1 Å². The lowest BCUT2D eigenvalue weighted by Crippen LogP contribution is -2.33. The first kappa shape index (κ1) is 19.6. The van der Waals surface area contributed by atoms with Crippen molar-refractivity contribution in [2.75, 3.05) is 13.1 Å². The first-order valence-electron chi connectivity index (χ1n) is 7.42. The molecule has 24 heavy (non-hydrogen) atoms. The number of rotatable bonds is 6. The van der Waals surface area contributed by atoms with Crippen molar-refractivity contribution in [3.05, 3.63) is 52.6 Å². The van der Waals surface area contributed by atoms with E-state index in [4.69, 9.17) is 10.5 Å². The third-order valence-corrected chi connectivity index (χ3v) is 5.48. The van der Waals surface area contributed by atoms with Crippen molar-refractivity contribution in [3.63, 3.8) is 0 Å². The summed E-state index contributed by atoms with van der Waals surface area (Å²) in [6.45, 7) is 7.08. The predicted octanol–water partition coefficient (Wildman–Crippen LogP) is 3.32. The Morgan fingerprint density at radius 2 is 1.71 bits per heavy atom. The maximum Gasteiger partial charge on any atom is 0.243 e. The van der Waals surface area contributed by atoms with Crippen LogP contribution in [0.2, 0.25) is 0 Å². The molecule has 0 saturated carbocycles. The highest BCUT2D eigenvalue weighted by atomic mass is 32.2. The third-order valence-electron chi connectivity index (χ3n) is 3.66. The quantitative estimate of drug-likeness (QED) is 0.742. The predicted molar refractivity (Wildman–Crippen MR) is 93.3 cm³/mol. The molecule has 0 unspecified atom stereocenters. The summed E-state index contributed by atoms with van der Waals surface area (Å²) in [6.07, 6.45) is 1.57. The Morgan fingerprint density at radius 3 is 2.21 bits per heavy atom. The Bertz CT molecular complexity index is 836. The summed E-state index contributed by atoms with van der Waals surface area (Å²) in [4.78, 5) is 0.193. The summed E-state index contributed by atoms with van der Waals surface area (Å²) < 4.78 is 27.1. The fraction of sp³-hybridized carbons (Fsp3) is 0.333. The van der Waals surface area contributed by atoms with Gasteiger partial charge in [-0.15, -0.1) is 0 Å². The Morgan fingerprint density at radius 1 is 1.12 bits per heavy atom. The van der Waals surface area contributed by atoms with Crippen LogP contribution >= 0.6 is 0 Å². The van der Waals surface area contributed by atoms with Gasteiger partial charge in [-0.1, -0.05) is 23.8 Å². The maximum atomic E-state index is 12.9. The van der Waals surface area contributed by atoms with Gasteiger partial charge in [-0.25, -0.2) is 8.42 Å². The van der Waals surface area contributed by atoms with Gasteiger partial charge >= 0.3 is 0 Å². The molecule has 0 spiro atoms. The molecule has 0 aliphatic rings. The highest BCUT2D eigenvalue weighted by Crippen LogP contribution is 2.19. The molecule has 5 nitrogen and oxygen atoms in total. The fourth-order valence-electron chi connectivity index (χ4n) is 1.87. The number of allylic oxidation sites excluding steroid dienone is 2. The zero-order valence-corrected chi connectivity index (χ0v) is 15.2. The van der Waals surface area contributed by atoms with Gasteiger partial charge in [0.15, 0.2) is 0 Å². The average molecular weight is 343 g/mol. The summed E-state index contributed by atoms with van der Waals surface area (Å²) >= 11 is 0. The molecule has 0 amide bonds. The smallest absolute Gasteiger partial charge is 0.207 e. The van der Waals surface area contributed by atoms with Crippen LogP contribution in [0, 0.1) is 29.6 Å². The van der Waals surface area contributed by atoms with E-state index in [1.54, 1.807) is 51.1 Å². The van der Waals surface area contributed by atoms with Gasteiger partial charge in [-0.3, -0.25) is 0 Å². The van der Waals surface area contributed by atoms with E-state index in [0.717, 1.165) is 5.56 Å². The normalized spacial score (nSPS) is 13.2. The molecule has 6 heteroatoms. The van der Waals surface area contributed by atoms with E-state index in [-0.39, 0.29) is 18.0 Å². The molecule has 0 atom stereocenters. The minimum absolute atomic E-state index is 0.0751.